The van der Waals surface area contributed by atoms with E-state index in [1.54, 1.807) is 11.1 Å². The van der Waals surface area contributed by atoms with Crippen molar-refractivity contribution in [2.75, 3.05) is 33.9 Å². The quantitative estimate of drug-likeness (QED) is 0.403. The molecule has 1 amide bonds. The molecule has 1 saturated heterocycles. The molecule has 1 atom stereocenters. The number of ether oxygens (including phenoxy) is 3. The lowest BCUT2D eigenvalue weighted by atomic mass is 10.0. The topological polar surface area (TPSA) is 125 Å². The van der Waals surface area contributed by atoms with E-state index < -0.39 is 28.9 Å². The van der Waals surface area contributed by atoms with Crippen LogP contribution in [0.2, 0.25) is 0 Å². The number of aliphatic hydroxyl groups is 1. The molecule has 41 heavy (non-hydrogen) atoms. The number of hydrogen-bond acceptors (Lipinski definition) is 9. The van der Waals surface area contributed by atoms with Crippen molar-refractivity contribution in [2.24, 2.45) is 0 Å². The van der Waals surface area contributed by atoms with Crippen molar-refractivity contribution >= 4 is 22.8 Å². The van der Waals surface area contributed by atoms with Crippen LogP contribution in [-0.4, -0.2) is 81.6 Å². The third kappa shape index (κ3) is 5.64. The van der Waals surface area contributed by atoms with Crippen LogP contribution >= 0.6 is 0 Å². The van der Waals surface area contributed by atoms with Gasteiger partial charge < -0.3 is 34.2 Å². The highest BCUT2D eigenvalue weighted by Gasteiger charge is 2.32. The third-order valence-electron chi connectivity index (χ3n) is 7.17. The molecule has 5 rings (SSSR count). The maximum atomic E-state index is 15.1. The second-order valence-corrected chi connectivity index (χ2v) is 11.0. The zero-order chi connectivity index (χ0) is 29.5. The van der Waals surface area contributed by atoms with Gasteiger partial charge in [-0.3, -0.25) is 0 Å². The summed E-state index contributed by atoms with van der Waals surface area (Å²) >= 11 is 0. The first-order valence-corrected chi connectivity index (χ1v) is 13.3. The number of fused-ring (bicyclic) bond motifs is 1. The van der Waals surface area contributed by atoms with E-state index in [1.807, 2.05) is 32.0 Å². The van der Waals surface area contributed by atoms with Crippen LogP contribution < -0.4 is 14.9 Å². The van der Waals surface area contributed by atoms with Gasteiger partial charge in [-0.2, -0.15) is 0 Å². The van der Waals surface area contributed by atoms with Crippen LogP contribution in [0.1, 0.15) is 56.5 Å². The largest absolute Gasteiger partial charge is 0.494 e. The number of carbonyl (C=O) groups excluding carboxylic acids is 1. The number of aromatic amines is 1. The Morgan fingerprint density at radius 1 is 1.15 bits per heavy atom. The molecule has 220 valence electrons. The Bertz CT molecular complexity index is 1450. The number of methoxy groups -OCH3 is 2. The fourth-order valence-electron chi connectivity index (χ4n) is 5.05. The highest BCUT2D eigenvalue weighted by atomic mass is 19.1. The van der Waals surface area contributed by atoms with Crippen molar-refractivity contribution in [3.05, 3.63) is 53.1 Å². The normalized spacial score (nSPS) is 17.1. The third-order valence-corrected chi connectivity index (χ3v) is 7.17. The predicted octanol–water partition coefficient (Wildman–Crippen LogP) is 3.90. The lowest BCUT2D eigenvalue weighted by molar-refractivity contribution is 0.0151. The summed E-state index contributed by atoms with van der Waals surface area (Å²) in [7, 11) is 2.48. The highest BCUT2D eigenvalue weighted by Crippen LogP contribution is 2.38. The molecular formula is C28H34F2N6O5. The number of piperidine rings is 1. The maximum absolute atomic E-state index is 15.1. The smallest absolute Gasteiger partial charge is 0.410 e. The first-order chi connectivity index (χ1) is 19.5. The summed E-state index contributed by atoms with van der Waals surface area (Å²) in [6.07, 6.45) is 4.49. The van der Waals surface area contributed by atoms with Gasteiger partial charge in [0.15, 0.2) is 28.8 Å². The molecule has 11 nitrogen and oxygen atoms in total. The van der Waals surface area contributed by atoms with Crippen LogP contribution in [0.25, 0.3) is 16.7 Å². The molecule has 2 aliphatic heterocycles. The number of nitrogens with one attached hydrogen (secondary N) is 2. The number of amides is 1. The van der Waals surface area contributed by atoms with Gasteiger partial charge in [0.05, 0.1) is 31.7 Å². The molecule has 1 aromatic carbocycles. The van der Waals surface area contributed by atoms with Gasteiger partial charge in [-0.25, -0.2) is 29.0 Å². The fourth-order valence-corrected chi connectivity index (χ4v) is 5.05. The molecule has 0 bridgehead atoms. The second kappa shape index (κ2) is 11.1. The van der Waals surface area contributed by atoms with E-state index >= 15 is 8.78 Å². The van der Waals surface area contributed by atoms with Gasteiger partial charge in [0.1, 0.15) is 17.2 Å². The van der Waals surface area contributed by atoms with Gasteiger partial charge in [0.2, 0.25) is 0 Å². The van der Waals surface area contributed by atoms with Crippen molar-refractivity contribution in [1.82, 2.24) is 30.3 Å². The summed E-state index contributed by atoms with van der Waals surface area (Å²) in [6, 6.07) is 1.25. The molecule has 0 radical (unpaired) electrons. The van der Waals surface area contributed by atoms with Crippen molar-refractivity contribution in [2.45, 2.75) is 51.4 Å². The fraction of sp³-hybridized carbons (Fsp3) is 0.464. The molecule has 3 N–H and O–H groups in total. The number of H-pyrrole nitrogens is 1. The van der Waals surface area contributed by atoms with E-state index in [-0.39, 0.29) is 34.7 Å². The average molecular weight is 573 g/mol. The van der Waals surface area contributed by atoms with Crippen LogP contribution in [0.5, 0.6) is 11.5 Å². The number of rotatable bonds is 6. The average Bonchev–Trinajstić information content (AvgIpc) is 3.60. The van der Waals surface area contributed by atoms with Gasteiger partial charge in [-0.1, -0.05) is 0 Å². The van der Waals surface area contributed by atoms with E-state index in [4.69, 9.17) is 19.2 Å². The van der Waals surface area contributed by atoms with Crippen molar-refractivity contribution in [3.63, 3.8) is 0 Å². The number of aromatic nitrogens is 3. The van der Waals surface area contributed by atoms with Crippen LogP contribution in [-0.2, 0) is 4.74 Å². The minimum Gasteiger partial charge on any atom is -0.494 e. The molecule has 13 heteroatoms. The number of hydrogen-bond donors (Lipinski definition) is 3. The van der Waals surface area contributed by atoms with E-state index in [0.717, 1.165) is 24.5 Å². The molecule has 2 aromatic heterocycles. The highest BCUT2D eigenvalue weighted by molar-refractivity contribution is 5.79. The molecule has 0 aliphatic carbocycles. The van der Waals surface area contributed by atoms with Crippen LogP contribution in [0, 0.1) is 11.6 Å². The Morgan fingerprint density at radius 2 is 1.80 bits per heavy atom. The number of benzene rings is 1. The van der Waals surface area contributed by atoms with E-state index in [2.05, 4.69) is 15.4 Å². The summed E-state index contributed by atoms with van der Waals surface area (Å²) in [5, 5.41) is 13.1. The second-order valence-electron chi connectivity index (χ2n) is 11.0. The maximum Gasteiger partial charge on any atom is 0.410 e. The van der Waals surface area contributed by atoms with Crippen LogP contribution in [0.4, 0.5) is 13.6 Å². The summed E-state index contributed by atoms with van der Waals surface area (Å²) in [6.45, 7) is 7.20. The minimum atomic E-state index is -1.71. The van der Waals surface area contributed by atoms with Gasteiger partial charge in [0.25, 0.3) is 0 Å². The molecule has 3 aromatic rings. The molecule has 0 saturated carbocycles. The van der Waals surface area contributed by atoms with E-state index in [1.165, 1.54) is 20.4 Å². The van der Waals surface area contributed by atoms with Crippen molar-refractivity contribution < 1.29 is 32.9 Å². The first kappa shape index (κ1) is 28.6. The Kier molecular flexibility index (Phi) is 7.75. The number of aliphatic hydroxyl groups excluding tert-OH is 1. The Labute approximate surface area is 236 Å². The minimum absolute atomic E-state index is 0.153. The Balaban J connectivity index is 1.36. The molecule has 0 spiro atoms. The van der Waals surface area contributed by atoms with Gasteiger partial charge in [0, 0.05) is 55.3 Å². The number of likely N-dealkylation sites (tertiary alicyclic amines) is 1. The standard InChI is InChI=1S/C28H34F2N6O5/c1-28(2,3)41-27(38)35-8-6-16(7-9-35)36-14-15(11-33-36)18-13-32-26-24(34-18)17(12-31-26)25(37)21-22(29)19(39-4)10-20(40-5)23(21)30/h10,12-14,16,25,33,37H,6-9,11H2,1-5H3,(H,31,32). The molecule has 2 aliphatic rings. The summed E-state index contributed by atoms with van der Waals surface area (Å²) in [5.74, 6) is -2.59. The lowest BCUT2D eigenvalue weighted by Gasteiger charge is -2.37. The van der Waals surface area contributed by atoms with Crippen molar-refractivity contribution in [3.8, 4) is 11.5 Å². The monoisotopic (exact) mass is 572 g/mol. The number of nitrogens with zero attached hydrogens (tertiary/aromatic N) is 4. The zero-order valence-corrected chi connectivity index (χ0v) is 23.6. The summed E-state index contributed by atoms with van der Waals surface area (Å²) in [4.78, 5) is 26.2. The molecule has 1 fully saturated rings. The van der Waals surface area contributed by atoms with Crippen molar-refractivity contribution in [1.29, 1.82) is 0 Å². The summed E-state index contributed by atoms with van der Waals surface area (Å²) < 4.78 is 45.7. The van der Waals surface area contributed by atoms with Crippen LogP contribution in [0.15, 0.2) is 24.7 Å². The van der Waals surface area contributed by atoms with E-state index in [0.29, 0.717) is 31.0 Å². The summed E-state index contributed by atoms with van der Waals surface area (Å²) in [5.41, 5.74) is 4.41. The Hall–Kier alpha value is -3.97. The number of hydrazine groups is 1. The predicted molar refractivity (Wildman–Crippen MR) is 146 cm³/mol. The van der Waals surface area contributed by atoms with E-state index in [9.17, 15) is 9.90 Å². The van der Waals surface area contributed by atoms with Crippen LogP contribution in [0.3, 0.4) is 0 Å². The lowest BCUT2D eigenvalue weighted by Crippen LogP contribution is -2.48. The first-order valence-electron chi connectivity index (χ1n) is 13.3. The molecule has 4 heterocycles. The van der Waals surface area contributed by atoms with Gasteiger partial charge in [-0.15, -0.1) is 0 Å². The Morgan fingerprint density at radius 3 is 2.41 bits per heavy atom. The number of halogens is 2. The molecular weight excluding hydrogens is 538 g/mol. The SMILES string of the molecule is COc1cc(OC)c(F)c(C(O)c2c[nH]c3ncc(C4=CN(C5CCN(C(=O)OC(C)(C)C)CC5)NC4)nc23)c1F. The number of carbonyl (C=O) groups is 1. The molecule has 1 unspecified atom stereocenters. The van der Waals surface area contributed by atoms with Gasteiger partial charge >= 0.3 is 6.09 Å². The zero-order valence-electron chi connectivity index (χ0n) is 23.6. The van der Waals surface area contributed by atoms with Gasteiger partial charge in [-0.05, 0) is 33.6 Å².